The van der Waals surface area contributed by atoms with Crippen molar-refractivity contribution in [2.45, 2.75) is 32.0 Å². The maximum absolute atomic E-state index is 5.79. The molecule has 3 rings (SSSR count). The molecule has 2 aliphatic rings. The minimum absolute atomic E-state index is 0.338. The summed E-state index contributed by atoms with van der Waals surface area (Å²) in [7, 11) is 0. The normalized spacial score (nSPS) is 21.4. The highest BCUT2D eigenvalue weighted by molar-refractivity contribution is 5.52. The first-order chi connectivity index (χ1) is 9.83. The summed E-state index contributed by atoms with van der Waals surface area (Å²) in [6, 6.07) is 3.91. The van der Waals surface area contributed by atoms with Crippen LogP contribution in [-0.4, -0.2) is 43.7 Å². The summed E-state index contributed by atoms with van der Waals surface area (Å²) in [4.78, 5) is 6.75. The van der Waals surface area contributed by atoms with Crippen molar-refractivity contribution >= 4 is 5.82 Å². The summed E-state index contributed by atoms with van der Waals surface area (Å²) < 4.78 is 17.3. The van der Waals surface area contributed by atoms with Crippen molar-refractivity contribution in [3.63, 3.8) is 0 Å². The number of rotatable bonds is 4. The summed E-state index contributed by atoms with van der Waals surface area (Å²) in [5, 5.41) is 0. The lowest BCUT2D eigenvalue weighted by atomic mass is 10.0. The monoisotopic (exact) mass is 278 g/mol. The van der Waals surface area contributed by atoms with E-state index >= 15 is 0 Å². The Bertz CT molecular complexity index is 436. The zero-order valence-corrected chi connectivity index (χ0v) is 12.0. The number of piperidine rings is 1. The molecule has 0 aliphatic carbocycles. The number of anilines is 1. The molecular weight excluding hydrogens is 256 g/mol. The van der Waals surface area contributed by atoms with Crippen LogP contribution in [0, 0.1) is 0 Å². The molecule has 0 atom stereocenters. The Balaban J connectivity index is 1.68. The van der Waals surface area contributed by atoms with Crippen molar-refractivity contribution in [3.05, 3.63) is 18.3 Å². The fourth-order valence-corrected chi connectivity index (χ4v) is 2.79. The Morgan fingerprint density at radius 2 is 2.05 bits per heavy atom. The molecule has 1 spiro atoms. The number of aromatic nitrogens is 1. The SMILES string of the molecule is CCCOc1cccnc1N1CCC2(CC1)OCCO2. The number of ether oxygens (including phenoxy) is 3. The van der Waals surface area contributed by atoms with Gasteiger partial charge in [-0.3, -0.25) is 0 Å². The van der Waals surface area contributed by atoms with Gasteiger partial charge in [-0.25, -0.2) is 4.98 Å². The van der Waals surface area contributed by atoms with E-state index in [4.69, 9.17) is 14.2 Å². The van der Waals surface area contributed by atoms with E-state index in [-0.39, 0.29) is 5.79 Å². The van der Waals surface area contributed by atoms with Crippen LogP contribution in [0.15, 0.2) is 18.3 Å². The van der Waals surface area contributed by atoms with Crippen molar-refractivity contribution in [2.24, 2.45) is 0 Å². The number of pyridine rings is 1. The van der Waals surface area contributed by atoms with E-state index in [1.165, 1.54) is 0 Å². The molecule has 1 aromatic rings. The van der Waals surface area contributed by atoms with Crippen LogP contribution in [0.1, 0.15) is 26.2 Å². The van der Waals surface area contributed by atoms with Gasteiger partial charge in [0.05, 0.1) is 19.8 Å². The molecule has 0 unspecified atom stereocenters. The Hall–Kier alpha value is -1.33. The molecule has 2 fully saturated rings. The molecule has 0 radical (unpaired) electrons. The molecule has 1 aromatic heterocycles. The van der Waals surface area contributed by atoms with E-state index in [1.54, 1.807) is 0 Å². The molecular formula is C15H22N2O3. The van der Waals surface area contributed by atoms with Gasteiger partial charge in [0, 0.05) is 32.1 Å². The minimum atomic E-state index is -0.338. The van der Waals surface area contributed by atoms with E-state index in [0.717, 1.165) is 50.5 Å². The first-order valence-electron chi connectivity index (χ1n) is 7.44. The average molecular weight is 278 g/mol. The van der Waals surface area contributed by atoms with Crippen LogP contribution >= 0.6 is 0 Å². The van der Waals surface area contributed by atoms with Crippen LogP contribution in [-0.2, 0) is 9.47 Å². The number of nitrogens with zero attached hydrogens (tertiary/aromatic N) is 2. The highest BCUT2D eigenvalue weighted by Gasteiger charge is 2.40. The van der Waals surface area contributed by atoms with Crippen molar-refractivity contribution in [3.8, 4) is 5.75 Å². The molecule has 5 heteroatoms. The van der Waals surface area contributed by atoms with Crippen molar-refractivity contribution in [1.82, 2.24) is 4.98 Å². The number of hydrogen-bond donors (Lipinski definition) is 0. The Morgan fingerprint density at radius 1 is 1.30 bits per heavy atom. The molecule has 3 heterocycles. The molecule has 110 valence electrons. The van der Waals surface area contributed by atoms with Gasteiger partial charge in [-0.05, 0) is 18.6 Å². The van der Waals surface area contributed by atoms with E-state index in [1.807, 2.05) is 18.3 Å². The lowest BCUT2D eigenvalue weighted by Gasteiger charge is -2.38. The van der Waals surface area contributed by atoms with E-state index in [9.17, 15) is 0 Å². The molecule has 0 saturated carbocycles. The Kier molecular flexibility index (Phi) is 4.08. The molecule has 0 N–H and O–H groups in total. The highest BCUT2D eigenvalue weighted by atomic mass is 16.7. The lowest BCUT2D eigenvalue weighted by Crippen LogP contribution is -2.45. The predicted molar refractivity (Wildman–Crippen MR) is 76.1 cm³/mol. The minimum Gasteiger partial charge on any atom is -0.490 e. The zero-order valence-electron chi connectivity index (χ0n) is 12.0. The van der Waals surface area contributed by atoms with Crippen LogP contribution in [0.4, 0.5) is 5.82 Å². The first-order valence-corrected chi connectivity index (χ1v) is 7.44. The van der Waals surface area contributed by atoms with Gasteiger partial charge >= 0.3 is 0 Å². The van der Waals surface area contributed by atoms with Crippen LogP contribution in [0.3, 0.4) is 0 Å². The third kappa shape index (κ3) is 2.74. The van der Waals surface area contributed by atoms with Crippen molar-refractivity contribution in [2.75, 3.05) is 37.8 Å². The van der Waals surface area contributed by atoms with Crippen molar-refractivity contribution < 1.29 is 14.2 Å². The fraction of sp³-hybridized carbons (Fsp3) is 0.667. The predicted octanol–water partition coefficient (Wildman–Crippen LogP) is 2.21. The van der Waals surface area contributed by atoms with Gasteiger partial charge < -0.3 is 19.1 Å². The van der Waals surface area contributed by atoms with Crippen LogP contribution < -0.4 is 9.64 Å². The molecule has 20 heavy (non-hydrogen) atoms. The number of hydrogen-bond acceptors (Lipinski definition) is 5. The van der Waals surface area contributed by atoms with Crippen LogP contribution in [0.25, 0.3) is 0 Å². The fourth-order valence-electron chi connectivity index (χ4n) is 2.79. The molecule has 0 amide bonds. The Labute approximate surface area is 119 Å². The van der Waals surface area contributed by atoms with Crippen LogP contribution in [0.5, 0.6) is 5.75 Å². The summed E-state index contributed by atoms with van der Waals surface area (Å²) in [5.74, 6) is 1.47. The molecule has 5 nitrogen and oxygen atoms in total. The summed E-state index contributed by atoms with van der Waals surface area (Å²) in [6.07, 6.45) is 4.59. The van der Waals surface area contributed by atoms with Gasteiger partial charge in [-0.2, -0.15) is 0 Å². The maximum atomic E-state index is 5.79. The standard InChI is InChI=1S/C15H22N2O3/c1-2-10-18-13-4-3-7-16-14(13)17-8-5-15(6-9-17)19-11-12-20-15/h3-4,7H,2,5-6,8-12H2,1H3. The quantitative estimate of drug-likeness (QED) is 0.845. The van der Waals surface area contributed by atoms with Gasteiger partial charge in [-0.1, -0.05) is 6.92 Å². The van der Waals surface area contributed by atoms with E-state index < -0.39 is 0 Å². The second-order valence-electron chi connectivity index (χ2n) is 5.27. The topological polar surface area (TPSA) is 43.8 Å². The molecule has 0 bridgehead atoms. The zero-order chi connectivity index (χ0) is 13.8. The van der Waals surface area contributed by atoms with Crippen molar-refractivity contribution in [1.29, 1.82) is 0 Å². The average Bonchev–Trinajstić information content (AvgIpc) is 2.95. The molecule has 0 aromatic carbocycles. The summed E-state index contributed by atoms with van der Waals surface area (Å²) in [6.45, 7) is 6.04. The lowest BCUT2D eigenvalue weighted by molar-refractivity contribution is -0.169. The third-order valence-corrected chi connectivity index (χ3v) is 3.85. The first kappa shape index (κ1) is 13.6. The van der Waals surface area contributed by atoms with E-state index in [0.29, 0.717) is 13.2 Å². The second kappa shape index (κ2) is 5.97. The van der Waals surface area contributed by atoms with E-state index in [2.05, 4.69) is 16.8 Å². The smallest absolute Gasteiger partial charge is 0.171 e. The third-order valence-electron chi connectivity index (χ3n) is 3.85. The molecule has 2 saturated heterocycles. The largest absolute Gasteiger partial charge is 0.490 e. The maximum Gasteiger partial charge on any atom is 0.171 e. The second-order valence-corrected chi connectivity index (χ2v) is 5.27. The van der Waals surface area contributed by atoms with Gasteiger partial charge in [-0.15, -0.1) is 0 Å². The van der Waals surface area contributed by atoms with Gasteiger partial charge in [0.2, 0.25) is 0 Å². The van der Waals surface area contributed by atoms with Crippen LogP contribution in [0.2, 0.25) is 0 Å². The Morgan fingerprint density at radius 3 is 2.75 bits per heavy atom. The summed E-state index contributed by atoms with van der Waals surface area (Å²) in [5.41, 5.74) is 0. The molecule has 2 aliphatic heterocycles. The summed E-state index contributed by atoms with van der Waals surface area (Å²) >= 11 is 0. The van der Waals surface area contributed by atoms with Gasteiger partial charge in [0.15, 0.2) is 17.4 Å². The highest BCUT2D eigenvalue weighted by Crippen LogP contribution is 2.35. The van der Waals surface area contributed by atoms with Gasteiger partial charge in [0.1, 0.15) is 0 Å². The van der Waals surface area contributed by atoms with Gasteiger partial charge in [0.25, 0.3) is 0 Å².